The minimum atomic E-state index is -0.914. The first-order valence-electron chi connectivity index (χ1n) is 16.5. The van der Waals surface area contributed by atoms with Crippen LogP contribution >= 0.6 is 23.2 Å². The number of nitrogens with zero attached hydrogens (tertiary/aromatic N) is 4. The van der Waals surface area contributed by atoms with E-state index in [-0.39, 0.29) is 35.0 Å². The monoisotopic (exact) mass is 717 g/mol. The molecule has 7 rings (SSSR count). The number of carboxylic acid groups (broad SMARTS) is 1. The summed E-state index contributed by atoms with van der Waals surface area (Å²) in [5.41, 5.74) is 6.55. The molecule has 11 nitrogen and oxygen atoms in total. The van der Waals surface area contributed by atoms with Crippen molar-refractivity contribution >= 4 is 46.7 Å². The van der Waals surface area contributed by atoms with Crippen LogP contribution in [0.5, 0.6) is 11.5 Å². The van der Waals surface area contributed by atoms with Crippen LogP contribution in [0.4, 0.5) is 5.69 Å². The summed E-state index contributed by atoms with van der Waals surface area (Å²) < 4.78 is 13.9. The van der Waals surface area contributed by atoms with E-state index in [4.69, 9.17) is 32.7 Å². The van der Waals surface area contributed by atoms with Gasteiger partial charge in [-0.15, -0.1) is 0 Å². The van der Waals surface area contributed by atoms with Crippen LogP contribution in [0.3, 0.4) is 0 Å². The Morgan fingerprint density at radius 1 is 0.980 bits per heavy atom. The smallest absolute Gasteiger partial charge is 0.308 e. The van der Waals surface area contributed by atoms with Crippen LogP contribution in [0.25, 0.3) is 11.1 Å². The number of imidazole rings is 1. The number of likely N-dealkylation sites (tertiary alicyclic amines) is 1. The average Bonchev–Trinajstić information content (AvgIpc) is 3.84. The second kappa shape index (κ2) is 13.6. The lowest BCUT2D eigenvalue weighted by molar-refractivity contribution is -0.141. The van der Waals surface area contributed by atoms with E-state index in [1.54, 1.807) is 12.1 Å². The van der Waals surface area contributed by atoms with Crippen molar-refractivity contribution in [2.24, 2.45) is 13.0 Å². The van der Waals surface area contributed by atoms with E-state index in [2.05, 4.69) is 15.2 Å². The number of aromatic nitrogens is 2. The van der Waals surface area contributed by atoms with Crippen molar-refractivity contribution in [3.8, 4) is 22.6 Å². The predicted octanol–water partition coefficient (Wildman–Crippen LogP) is 6.26. The summed E-state index contributed by atoms with van der Waals surface area (Å²) >= 11 is 13.7. The van der Waals surface area contributed by atoms with Crippen molar-refractivity contribution in [3.05, 3.63) is 92.5 Å². The Kier molecular flexibility index (Phi) is 9.23. The number of rotatable bonds is 8. The summed E-state index contributed by atoms with van der Waals surface area (Å²) in [6, 6.07) is 14.7. The number of aliphatic carboxylic acids is 1. The molecular formula is C37H37Cl2N5O6. The van der Waals surface area contributed by atoms with Gasteiger partial charge in [0.25, 0.3) is 11.8 Å². The number of hydrogen-bond acceptors (Lipinski definition) is 7. The zero-order chi connectivity index (χ0) is 35.3. The van der Waals surface area contributed by atoms with Gasteiger partial charge in [-0.2, -0.15) is 0 Å². The molecule has 4 aromatic rings. The third kappa shape index (κ3) is 6.18. The number of hydrogen-bond donors (Lipinski definition) is 2. The molecule has 3 aromatic carbocycles. The summed E-state index contributed by atoms with van der Waals surface area (Å²) in [6.07, 6.45) is 2.32. The van der Waals surface area contributed by atoms with Crippen molar-refractivity contribution in [2.75, 3.05) is 39.1 Å². The quantitative estimate of drug-likeness (QED) is 0.219. The van der Waals surface area contributed by atoms with Gasteiger partial charge in [0.1, 0.15) is 17.6 Å². The maximum absolute atomic E-state index is 13.4. The van der Waals surface area contributed by atoms with E-state index in [9.17, 15) is 19.5 Å². The summed E-state index contributed by atoms with van der Waals surface area (Å²) in [5, 5.41) is 13.0. The van der Waals surface area contributed by atoms with Crippen LogP contribution in [-0.4, -0.2) is 76.0 Å². The number of carbonyl (C=O) groups excluding carboxylic acids is 2. The number of benzene rings is 3. The molecule has 1 aromatic heterocycles. The number of halogens is 2. The highest BCUT2D eigenvalue weighted by Crippen LogP contribution is 2.45. The van der Waals surface area contributed by atoms with E-state index >= 15 is 0 Å². The molecule has 0 bridgehead atoms. The van der Waals surface area contributed by atoms with Crippen LogP contribution in [0.1, 0.15) is 62.4 Å². The van der Waals surface area contributed by atoms with Gasteiger partial charge in [0, 0.05) is 57.0 Å². The third-order valence-corrected chi connectivity index (χ3v) is 10.7. The normalized spacial score (nSPS) is 18.5. The number of carboxylic acids is 1. The molecule has 2 atom stereocenters. The molecule has 0 spiro atoms. The molecule has 0 radical (unpaired) electrons. The van der Waals surface area contributed by atoms with Gasteiger partial charge in [0.2, 0.25) is 0 Å². The lowest BCUT2D eigenvalue weighted by Gasteiger charge is -2.21. The van der Waals surface area contributed by atoms with Crippen LogP contribution in [-0.2, 0) is 31.2 Å². The largest absolute Gasteiger partial charge is 0.496 e. The van der Waals surface area contributed by atoms with Crippen molar-refractivity contribution < 1.29 is 29.0 Å². The van der Waals surface area contributed by atoms with E-state index in [1.165, 1.54) is 18.1 Å². The zero-order valence-electron chi connectivity index (χ0n) is 28.0. The maximum Gasteiger partial charge on any atom is 0.308 e. The average molecular weight is 719 g/mol. The number of nitrogens with one attached hydrogen (secondary N) is 1. The fourth-order valence-electron chi connectivity index (χ4n) is 7.30. The minimum Gasteiger partial charge on any atom is -0.496 e. The molecule has 2 amide bonds. The second-order valence-electron chi connectivity index (χ2n) is 13.1. The number of fused-ring (bicyclic) bond motifs is 2. The molecular weight excluding hydrogens is 681 g/mol. The molecule has 1 fully saturated rings. The lowest BCUT2D eigenvalue weighted by atomic mass is 9.96. The highest BCUT2D eigenvalue weighted by atomic mass is 35.5. The highest BCUT2D eigenvalue weighted by Gasteiger charge is 2.34. The summed E-state index contributed by atoms with van der Waals surface area (Å²) in [6.45, 7) is 2.10. The second-order valence-corrected chi connectivity index (χ2v) is 13.9. The summed E-state index contributed by atoms with van der Waals surface area (Å²) in [5.74, 6) is -1.14. The highest BCUT2D eigenvalue weighted by molar-refractivity contribution is 6.36. The molecule has 3 aliphatic rings. The van der Waals surface area contributed by atoms with Crippen LogP contribution in [0, 0.1) is 5.92 Å². The molecule has 0 saturated carbocycles. The maximum atomic E-state index is 13.4. The number of amides is 2. The molecule has 13 heteroatoms. The summed E-state index contributed by atoms with van der Waals surface area (Å²) in [4.78, 5) is 46.5. The van der Waals surface area contributed by atoms with Crippen LogP contribution < -0.4 is 14.8 Å². The van der Waals surface area contributed by atoms with Gasteiger partial charge in [-0.3, -0.25) is 14.4 Å². The predicted molar refractivity (Wildman–Crippen MR) is 189 cm³/mol. The number of likely N-dealkylation sites (N-methyl/N-ethyl adjacent to an activating group) is 1. The van der Waals surface area contributed by atoms with Crippen LogP contribution in [0.2, 0.25) is 10.0 Å². The molecule has 2 N–H and O–H groups in total. The Labute approximate surface area is 299 Å². The van der Waals surface area contributed by atoms with Gasteiger partial charge in [-0.25, -0.2) is 4.98 Å². The van der Waals surface area contributed by atoms with Gasteiger partial charge in [-0.1, -0.05) is 53.5 Å². The molecule has 2 aliphatic heterocycles. The van der Waals surface area contributed by atoms with Crippen molar-refractivity contribution in [1.82, 2.24) is 19.4 Å². The van der Waals surface area contributed by atoms with Crippen molar-refractivity contribution in [2.45, 2.75) is 38.3 Å². The Hall–Kier alpha value is -4.58. The number of anilines is 1. The third-order valence-electron chi connectivity index (χ3n) is 9.98. The minimum absolute atomic E-state index is 0.136. The van der Waals surface area contributed by atoms with E-state index < -0.39 is 11.9 Å². The molecule has 1 saturated heterocycles. The number of carbonyl (C=O) groups is 3. The van der Waals surface area contributed by atoms with Gasteiger partial charge in [-0.05, 0) is 55.1 Å². The van der Waals surface area contributed by atoms with Crippen molar-refractivity contribution in [3.63, 3.8) is 0 Å². The zero-order valence-corrected chi connectivity index (χ0v) is 29.5. The molecule has 2 unspecified atom stereocenters. The van der Waals surface area contributed by atoms with E-state index in [0.29, 0.717) is 54.0 Å². The van der Waals surface area contributed by atoms with Gasteiger partial charge < -0.3 is 34.3 Å². The number of ether oxygens (including phenoxy) is 2. The SMILES string of the molecule is COc1cc(OC2CCc3c(-c4cccc(NC(=O)c5nc6c(n5C)CCN(C)C6)c4Cl)cccc32)c(Cl)cc1C(=O)N1CCC(C(=O)O)C1. The lowest BCUT2D eigenvalue weighted by Crippen LogP contribution is -2.30. The van der Waals surface area contributed by atoms with Crippen LogP contribution in [0.15, 0.2) is 48.5 Å². The fraction of sp³-hybridized carbons (Fsp3) is 0.351. The fourth-order valence-corrected chi connectivity index (χ4v) is 7.78. The Balaban J connectivity index is 1.11. The Morgan fingerprint density at radius 2 is 1.76 bits per heavy atom. The van der Waals surface area contributed by atoms with Crippen molar-refractivity contribution in [1.29, 1.82) is 0 Å². The van der Waals surface area contributed by atoms with E-state index in [1.807, 2.05) is 49.0 Å². The van der Waals surface area contributed by atoms with Gasteiger partial charge in [0.15, 0.2) is 5.82 Å². The first-order chi connectivity index (χ1) is 24.0. The first kappa shape index (κ1) is 33.9. The summed E-state index contributed by atoms with van der Waals surface area (Å²) in [7, 11) is 5.38. The molecule has 1 aliphatic carbocycles. The Morgan fingerprint density at radius 3 is 2.52 bits per heavy atom. The van der Waals surface area contributed by atoms with E-state index in [0.717, 1.165) is 53.0 Å². The Bertz CT molecular complexity index is 2030. The van der Waals surface area contributed by atoms with Gasteiger partial charge in [0.05, 0.1) is 40.0 Å². The molecule has 50 heavy (non-hydrogen) atoms. The van der Waals surface area contributed by atoms with Gasteiger partial charge >= 0.3 is 5.97 Å². The molecule has 3 heterocycles. The standard InChI is InChI=1S/C37H37Cl2N5O6/c1-42-14-13-29-28(19-42)40-34(43(29)2)35(45)41-27-9-5-8-24(33(27)39)21-6-4-7-23-22(21)10-11-30(23)50-32-17-31(49-3)25(16-26(32)38)36(46)44-15-12-20(18-44)37(47)48/h4-9,16-17,20,30H,10-15,18-19H2,1-3H3,(H,41,45)(H,47,48). The first-order valence-corrected chi connectivity index (χ1v) is 17.3. The molecule has 260 valence electrons. The topological polar surface area (TPSA) is 126 Å². The number of methoxy groups -OCH3 is 1.